The fraction of sp³-hybridized carbons (Fsp3) is 0. The van der Waals surface area contributed by atoms with Crippen LogP contribution in [0.5, 0.6) is 0 Å². The van der Waals surface area contributed by atoms with Gasteiger partial charge in [-0.2, -0.15) is 0 Å². The molecule has 0 saturated heterocycles. The Kier molecular flexibility index (Phi) is 2.68. The standard InChI is InChI=1S/C22H16N2/c23-16-11-13-21-20(14-16)19-12-10-15-6-4-5-9-18(15)22(19)24(21)17-7-2-1-3-8-17/h1-14H,23H2. The minimum absolute atomic E-state index is 0.794. The van der Waals surface area contributed by atoms with E-state index in [1.165, 1.54) is 38.3 Å². The maximum atomic E-state index is 6.07. The lowest BCUT2D eigenvalue weighted by atomic mass is 10.1. The maximum absolute atomic E-state index is 6.07. The van der Waals surface area contributed by atoms with Crippen LogP contribution in [0.25, 0.3) is 38.3 Å². The predicted octanol–water partition coefficient (Wildman–Crippen LogP) is 5.52. The molecule has 0 unspecified atom stereocenters. The molecule has 2 heteroatoms. The molecule has 2 N–H and O–H groups in total. The van der Waals surface area contributed by atoms with E-state index in [2.05, 4.69) is 77.4 Å². The first-order valence-corrected chi connectivity index (χ1v) is 8.10. The van der Waals surface area contributed by atoms with Gasteiger partial charge in [0.2, 0.25) is 0 Å². The summed E-state index contributed by atoms with van der Waals surface area (Å²) in [5.74, 6) is 0. The fourth-order valence-electron chi connectivity index (χ4n) is 3.64. The Balaban J connectivity index is 2.09. The van der Waals surface area contributed by atoms with Gasteiger partial charge in [0.05, 0.1) is 11.0 Å². The van der Waals surface area contributed by atoms with Gasteiger partial charge >= 0.3 is 0 Å². The Morgan fingerprint density at radius 2 is 1.42 bits per heavy atom. The number of hydrogen-bond donors (Lipinski definition) is 1. The summed E-state index contributed by atoms with van der Waals surface area (Å²) in [5, 5.41) is 4.94. The number of anilines is 1. The average Bonchev–Trinajstić information content (AvgIpc) is 2.96. The molecule has 2 nitrogen and oxygen atoms in total. The Morgan fingerprint density at radius 1 is 0.625 bits per heavy atom. The minimum Gasteiger partial charge on any atom is -0.399 e. The molecule has 24 heavy (non-hydrogen) atoms. The molecular weight excluding hydrogens is 292 g/mol. The maximum Gasteiger partial charge on any atom is 0.0619 e. The second kappa shape index (κ2) is 4.87. The highest BCUT2D eigenvalue weighted by molar-refractivity contribution is 6.19. The van der Waals surface area contributed by atoms with Crippen LogP contribution in [0.4, 0.5) is 5.69 Å². The van der Waals surface area contributed by atoms with Gasteiger partial charge in [-0.15, -0.1) is 0 Å². The summed E-state index contributed by atoms with van der Waals surface area (Å²) in [6.07, 6.45) is 0. The molecule has 0 atom stereocenters. The normalized spacial score (nSPS) is 11.5. The van der Waals surface area contributed by atoms with Gasteiger partial charge in [-0.25, -0.2) is 0 Å². The van der Waals surface area contributed by atoms with Gasteiger partial charge in [-0.3, -0.25) is 0 Å². The smallest absolute Gasteiger partial charge is 0.0619 e. The Bertz CT molecular complexity index is 1200. The van der Waals surface area contributed by atoms with Crippen LogP contribution in [0.15, 0.2) is 84.9 Å². The van der Waals surface area contributed by atoms with Crippen molar-refractivity contribution in [3.8, 4) is 5.69 Å². The number of rotatable bonds is 1. The third-order valence-corrected chi connectivity index (χ3v) is 4.69. The molecule has 0 aliphatic heterocycles. The van der Waals surface area contributed by atoms with Crippen molar-refractivity contribution in [1.82, 2.24) is 4.57 Å². The monoisotopic (exact) mass is 308 g/mol. The molecule has 0 fully saturated rings. The minimum atomic E-state index is 0.794. The zero-order valence-electron chi connectivity index (χ0n) is 13.1. The van der Waals surface area contributed by atoms with Gasteiger partial charge in [0.25, 0.3) is 0 Å². The van der Waals surface area contributed by atoms with Gasteiger partial charge in [-0.05, 0) is 35.7 Å². The number of nitrogens with two attached hydrogens (primary N) is 1. The largest absolute Gasteiger partial charge is 0.399 e. The molecule has 0 aliphatic rings. The Hall–Kier alpha value is -3.26. The number of nitrogens with zero attached hydrogens (tertiary/aromatic N) is 1. The number of fused-ring (bicyclic) bond motifs is 5. The molecule has 5 rings (SSSR count). The highest BCUT2D eigenvalue weighted by atomic mass is 15.0. The van der Waals surface area contributed by atoms with E-state index in [-0.39, 0.29) is 0 Å². The Morgan fingerprint density at radius 3 is 2.29 bits per heavy atom. The van der Waals surface area contributed by atoms with Crippen LogP contribution < -0.4 is 5.73 Å². The number of aromatic nitrogens is 1. The first-order chi connectivity index (χ1) is 11.8. The van der Waals surface area contributed by atoms with Crippen LogP contribution in [0.3, 0.4) is 0 Å². The van der Waals surface area contributed by atoms with Crippen molar-refractivity contribution < 1.29 is 0 Å². The second-order valence-electron chi connectivity index (χ2n) is 6.13. The first kappa shape index (κ1) is 13.2. The summed E-state index contributed by atoms with van der Waals surface area (Å²) in [6, 6.07) is 29.6. The van der Waals surface area contributed by atoms with Crippen LogP contribution in [0.1, 0.15) is 0 Å². The summed E-state index contributed by atoms with van der Waals surface area (Å²) < 4.78 is 2.34. The molecule has 1 aromatic heterocycles. The summed E-state index contributed by atoms with van der Waals surface area (Å²) in [7, 11) is 0. The van der Waals surface area contributed by atoms with E-state index in [0.29, 0.717) is 0 Å². The van der Waals surface area contributed by atoms with E-state index in [1.807, 2.05) is 12.1 Å². The van der Waals surface area contributed by atoms with Crippen molar-refractivity contribution in [1.29, 1.82) is 0 Å². The molecule has 0 spiro atoms. The molecule has 0 amide bonds. The SMILES string of the molecule is Nc1ccc2c(c1)c1ccc3ccccc3c1n2-c1ccccc1. The van der Waals surface area contributed by atoms with Crippen LogP contribution in [0.2, 0.25) is 0 Å². The number of nitrogen functional groups attached to an aromatic ring is 1. The summed E-state index contributed by atoms with van der Waals surface area (Å²) >= 11 is 0. The first-order valence-electron chi connectivity index (χ1n) is 8.10. The van der Waals surface area contributed by atoms with Crippen molar-refractivity contribution in [2.45, 2.75) is 0 Å². The fourth-order valence-corrected chi connectivity index (χ4v) is 3.64. The molecular formula is C22H16N2. The van der Waals surface area contributed by atoms with Gasteiger partial charge in [0, 0.05) is 27.5 Å². The van der Waals surface area contributed by atoms with Crippen LogP contribution in [-0.4, -0.2) is 4.57 Å². The average molecular weight is 308 g/mol. The lowest BCUT2D eigenvalue weighted by Gasteiger charge is -2.09. The van der Waals surface area contributed by atoms with Gasteiger partial charge < -0.3 is 10.3 Å². The van der Waals surface area contributed by atoms with Gasteiger partial charge in [-0.1, -0.05) is 54.6 Å². The van der Waals surface area contributed by atoms with Crippen molar-refractivity contribution in [3.05, 3.63) is 84.9 Å². The number of hydrogen-bond acceptors (Lipinski definition) is 1. The third-order valence-electron chi connectivity index (χ3n) is 4.69. The van der Waals surface area contributed by atoms with Gasteiger partial charge in [0.15, 0.2) is 0 Å². The third kappa shape index (κ3) is 1.77. The summed E-state index contributed by atoms with van der Waals surface area (Å²) in [6.45, 7) is 0. The van der Waals surface area contributed by atoms with Crippen LogP contribution in [-0.2, 0) is 0 Å². The lowest BCUT2D eigenvalue weighted by molar-refractivity contribution is 1.19. The highest BCUT2D eigenvalue weighted by Crippen LogP contribution is 2.37. The topological polar surface area (TPSA) is 30.9 Å². The molecule has 1 heterocycles. The van der Waals surface area contributed by atoms with Crippen molar-refractivity contribution in [2.24, 2.45) is 0 Å². The van der Waals surface area contributed by atoms with Gasteiger partial charge in [0.1, 0.15) is 0 Å². The number of benzene rings is 4. The predicted molar refractivity (Wildman–Crippen MR) is 103 cm³/mol. The molecule has 5 aromatic rings. The van der Waals surface area contributed by atoms with Crippen LogP contribution >= 0.6 is 0 Å². The zero-order chi connectivity index (χ0) is 16.1. The van der Waals surface area contributed by atoms with E-state index < -0.39 is 0 Å². The van der Waals surface area contributed by atoms with E-state index in [4.69, 9.17) is 5.73 Å². The molecule has 0 bridgehead atoms. The lowest BCUT2D eigenvalue weighted by Crippen LogP contribution is -1.94. The molecule has 0 radical (unpaired) electrons. The molecule has 0 aliphatic carbocycles. The second-order valence-corrected chi connectivity index (χ2v) is 6.13. The van der Waals surface area contributed by atoms with Crippen molar-refractivity contribution >= 4 is 38.3 Å². The van der Waals surface area contributed by atoms with E-state index >= 15 is 0 Å². The van der Waals surface area contributed by atoms with Crippen molar-refractivity contribution in [3.63, 3.8) is 0 Å². The van der Waals surface area contributed by atoms with E-state index in [0.717, 1.165) is 5.69 Å². The molecule has 114 valence electrons. The van der Waals surface area contributed by atoms with E-state index in [1.54, 1.807) is 0 Å². The van der Waals surface area contributed by atoms with E-state index in [9.17, 15) is 0 Å². The molecule has 0 saturated carbocycles. The molecule has 4 aromatic carbocycles. The summed E-state index contributed by atoms with van der Waals surface area (Å²) in [4.78, 5) is 0. The van der Waals surface area contributed by atoms with Crippen molar-refractivity contribution in [2.75, 3.05) is 5.73 Å². The zero-order valence-corrected chi connectivity index (χ0v) is 13.1. The summed E-state index contributed by atoms with van der Waals surface area (Å²) in [5.41, 5.74) is 10.4. The highest BCUT2D eigenvalue weighted by Gasteiger charge is 2.14. The Labute approximate surface area is 139 Å². The number of para-hydroxylation sites is 1. The van der Waals surface area contributed by atoms with Crippen LogP contribution in [0, 0.1) is 0 Å². The quantitative estimate of drug-likeness (QED) is 0.406.